The summed E-state index contributed by atoms with van der Waals surface area (Å²) in [5.74, 6) is 0. The second-order valence-corrected chi connectivity index (χ2v) is 2.23. The molecule has 1 aromatic carbocycles. The van der Waals surface area contributed by atoms with Gasteiger partial charge in [0.2, 0.25) is 0 Å². The maximum Gasteiger partial charge on any atom is 0.0991 e. The van der Waals surface area contributed by atoms with Crippen LogP contribution < -0.4 is 0 Å². The fourth-order valence-electron chi connectivity index (χ4n) is 0.962. The van der Waals surface area contributed by atoms with Gasteiger partial charge in [-0.1, -0.05) is 12.1 Å². The van der Waals surface area contributed by atoms with Crippen molar-refractivity contribution in [2.24, 2.45) is 0 Å². The fourth-order valence-corrected chi connectivity index (χ4v) is 0.962. The second-order valence-electron chi connectivity index (χ2n) is 2.23. The third kappa shape index (κ3) is 2.08. The van der Waals surface area contributed by atoms with Gasteiger partial charge in [-0.15, -0.1) is 0 Å². The summed E-state index contributed by atoms with van der Waals surface area (Å²) in [6, 6.07) is 10.7. The predicted molar refractivity (Wildman–Crippen MR) is 42.4 cm³/mol. The van der Waals surface area contributed by atoms with E-state index in [1.54, 1.807) is 12.5 Å². The molecule has 0 amide bonds. The SMILES string of the molecule is [Lu].[c]1ccc(-n2ccnc2)cc1. The van der Waals surface area contributed by atoms with Crippen LogP contribution in [0.3, 0.4) is 0 Å². The van der Waals surface area contributed by atoms with Crippen LogP contribution >= 0.6 is 0 Å². The Morgan fingerprint density at radius 1 is 1.25 bits per heavy atom. The summed E-state index contributed by atoms with van der Waals surface area (Å²) in [4.78, 5) is 3.95. The Hall–Kier alpha value is -0.336. The van der Waals surface area contributed by atoms with Crippen LogP contribution in [-0.2, 0) is 0 Å². The van der Waals surface area contributed by atoms with Crippen molar-refractivity contribution in [2.75, 3.05) is 0 Å². The smallest absolute Gasteiger partial charge is 0.0991 e. The van der Waals surface area contributed by atoms with Crippen LogP contribution in [0.15, 0.2) is 43.0 Å². The minimum absolute atomic E-state index is 0. The number of imidazole rings is 1. The minimum atomic E-state index is 0. The first-order valence-corrected chi connectivity index (χ1v) is 3.41. The Morgan fingerprint density at radius 3 is 2.58 bits per heavy atom. The van der Waals surface area contributed by atoms with Gasteiger partial charge in [-0.25, -0.2) is 4.98 Å². The van der Waals surface area contributed by atoms with Crippen LogP contribution in [0.25, 0.3) is 5.69 Å². The number of hydrogen-bond donors (Lipinski definition) is 0. The first kappa shape index (κ1) is 9.75. The van der Waals surface area contributed by atoms with E-state index in [4.69, 9.17) is 0 Å². The topological polar surface area (TPSA) is 17.8 Å². The Kier molecular flexibility index (Phi) is 3.76. The van der Waals surface area contributed by atoms with Gasteiger partial charge in [-0.05, 0) is 18.2 Å². The van der Waals surface area contributed by atoms with Gasteiger partial charge in [0.25, 0.3) is 0 Å². The molecule has 3 heteroatoms. The minimum Gasteiger partial charge on any atom is -0.306 e. The molecule has 2 aromatic rings. The van der Waals surface area contributed by atoms with Crippen molar-refractivity contribution in [3.8, 4) is 5.69 Å². The molecule has 0 aliphatic carbocycles. The molecule has 2 radical (unpaired) electrons. The van der Waals surface area contributed by atoms with Gasteiger partial charge >= 0.3 is 0 Å². The van der Waals surface area contributed by atoms with E-state index in [0.29, 0.717) is 0 Å². The van der Waals surface area contributed by atoms with Crippen molar-refractivity contribution in [1.29, 1.82) is 0 Å². The molecule has 1 heterocycles. The van der Waals surface area contributed by atoms with Gasteiger partial charge in [0.1, 0.15) is 0 Å². The fraction of sp³-hybridized carbons (Fsp3) is 0. The number of rotatable bonds is 1. The zero-order chi connectivity index (χ0) is 7.52. The molecule has 0 bridgehead atoms. The summed E-state index contributed by atoms with van der Waals surface area (Å²) in [6.07, 6.45) is 5.45. The summed E-state index contributed by atoms with van der Waals surface area (Å²) in [5.41, 5.74) is 1.11. The van der Waals surface area contributed by atoms with Crippen molar-refractivity contribution in [3.05, 3.63) is 49.1 Å². The van der Waals surface area contributed by atoms with Crippen LogP contribution in [0.2, 0.25) is 0 Å². The third-order valence-corrected chi connectivity index (χ3v) is 1.50. The Bertz CT molecular complexity index is 316. The largest absolute Gasteiger partial charge is 0.306 e. The number of hydrogen-bond acceptors (Lipinski definition) is 1. The van der Waals surface area contributed by atoms with Gasteiger partial charge in [-0.3, -0.25) is 0 Å². The van der Waals surface area contributed by atoms with Gasteiger partial charge in [-0.2, -0.15) is 0 Å². The molecule has 12 heavy (non-hydrogen) atoms. The van der Waals surface area contributed by atoms with E-state index in [1.807, 2.05) is 35.0 Å². The van der Waals surface area contributed by atoms with Crippen LogP contribution in [0.5, 0.6) is 0 Å². The molecule has 0 atom stereocenters. The number of nitrogens with zero attached hydrogens (tertiary/aromatic N) is 2. The average Bonchev–Trinajstić information content (AvgIpc) is 2.58. The van der Waals surface area contributed by atoms with E-state index in [0.717, 1.165) is 5.69 Å². The molecule has 0 N–H and O–H groups in total. The maximum atomic E-state index is 3.95. The van der Waals surface area contributed by atoms with Crippen molar-refractivity contribution in [1.82, 2.24) is 9.55 Å². The second kappa shape index (κ2) is 4.63. The van der Waals surface area contributed by atoms with E-state index >= 15 is 0 Å². The zero-order valence-corrected chi connectivity index (χ0v) is 7.85. The predicted octanol–water partition coefficient (Wildman–Crippen LogP) is 1.67. The number of benzene rings is 1. The molecule has 1 aromatic heterocycles. The van der Waals surface area contributed by atoms with Crippen molar-refractivity contribution < 1.29 is 36.9 Å². The summed E-state index contributed by atoms with van der Waals surface area (Å²) in [5, 5.41) is 0. The molecule has 0 unspecified atom stereocenters. The standard InChI is InChI=1S/C9H7N2.Lu/c1-2-4-9(5-3-1)11-7-6-10-8-11;/h2-8H;. The number of aromatic nitrogens is 2. The van der Waals surface area contributed by atoms with E-state index in [2.05, 4.69) is 11.1 Å². The monoisotopic (exact) mass is 318 g/mol. The van der Waals surface area contributed by atoms with Gasteiger partial charge in [0, 0.05) is 55.0 Å². The summed E-state index contributed by atoms with van der Waals surface area (Å²) >= 11 is 0. The van der Waals surface area contributed by atoms with E-state index in [9.17, 15) is 0 Å². The first-order valence-electron chi connectivity index (χ1n) is 3.41. The first-order chi connectivity index (χ1) is 5.47. The zero-order valence-electron chi connectivity index (χ0n) is 6.19. The summed E-state index contributed by atoms with van der Waals surface area (Å²) < 4.78 is 1.95. The Morgan fingerprint density at radius 2 is 2.00 bits per heavy atom. The average molecular weight is 318 g/mol. The van der Waals surface area contributed by atoms with Gasteiger partial charge in [0.15, 0.2) is 0 Å². The van der Waals surface area contributed by atoms with Crippen molar-refractivity contribution in [2.45, 2.75) is 0 Å². The molecule has 2 nitrogen and oxygen atoms in total. The van der Waals surface area contributed by atoms with Crippen LogP contribution in [0, 0.1) is 42.9 Å². The molecule has 2 rings (SSSR count). The van der Waals surface area contributed by atoms with E-state index < -0.39 is 0 Å². The van der Waals surface area contributed by atoms with Gasteiger partial charge < -0.3 is 4.57 Å². The summed E-state index contributed by atoms with van der Waals surface area (Å²) in [6.45, 7) is 0. The van der Waals surface area contributed by atoms with Crippen molar-refractivity contribution >= 4 is 0 Å². The van der Waals surface area contributed by atoms with Crippen LogP contribution in [0.1, 0.15) is 0 Å². The van der Waals surface area contributed by atoms with E-state index in [1.165, 1.54) is 0 Å². The molecular formula is C9H7LuN2. The van der Waals surface area contributed by atoms with Crippen molar-refractivity contribution in [3.63, 3.8) is 0 Å². The molecule has 0 saturated heterocycles. The summed E-state index contributed by atoms with van der Waals surface area (Å²) in [7, 11) is 0. The van der Waals surface area contributed by atoms with E-state index in [-0.39, 0.29) is 36.9 Å². The Labute approximate surface area is 100 Å². The molecule has 0 fully saturated rings. The van der Waals surface area contributed by atoms with Gasteiger partial charge in [0.05, 0.1) is 6.33 Å². The van der Waals surface area contributed by atoms with Crippen LogP contribution in [-0.4, -0.2) is 9.55 Å². The quantitative estimate of drug-likeness (QED) is 0.782. The molecule has 0 aliphatic rings. The Balaban J connectivity index is 0.000000720. The molecule has 0 saturated carbocycles. The normalized spacial score (nSPS) is 9.00. The molecular weight excluding hydrogens is 311 g/mol. The third-order valence-electron chi connectivity index (χ3n) is 1.50. The molecule has 0 spiro atoms. The molecule has 68 valence electrons. The molecule has 0 aliphatic heterocycles. The maximum absolute atomic E-state index is 3.95. The van der Waals surface area contributed by atoms with Crippen LogP contribution in [0.4, 0.5) is 0 Å².